The molecule has 0 bridgehead atoms. The van der Waals surface area contributed by atoms with Crippen LogP contribution in [-0.4, -0.2) is 29.0 Å². The van der Waals surface area contributed by atoms with E-state index < -0.39 is 6.04 Å². The van der Waals surface area contributed by atoms with Crippen LogP contribution in [0.2, 0.25) is 0 Å². The topological polar surface area (TPSA) is 66.6 Å². The van der Waals surface area contributed by atoms with Gasteiger partial charge in [-0.05, 0) is 29.7 Å². The zero-order valence-corrected chi connectivity index (χ0v) is 12.1. The first kappa shape index (κ1) is 15.1. The molecular weight excluding hydrogens is 264 g/mol. The van der Waals surface area contributed by atoms with Crippen molar-refractivity contribution in [3.8, 4) is 5.75 Å². The van der Waals surface area contributed by atoms with Crippen molar-refractivity contribution in [1.29, 1.82) is 0 Å². The van der Waals surface area contributed by atoms with Crippen LogP contribution in [-0.2, 0) is 17.8 Å². The number of rotatable bonds is 5. The molecule has 4 heteroatoms. The Morgan fingerprint density at radius 2 is 1.81 bits per heavy atom. The summed E-state index contributed by atoms with van der Waals surface area (Å²) < 4.78 is 0. The predicted octanol–water partition coefficient (Wildman–Crippen LogP) is 1.92. The second-order valence-electron chi connectivity index (χ2n) is 5.16. The molecule has 0 aliphatic carbocycles. The first-order valence-corrected chi connectivity index (χ1v) is 6.88. The van der Waals surface area contributed by atoms with Crippen molar-refractivity contribution in [1.82, 2.24) is 4.90 Å². The lowest BCUT2D eigenvalue weighted by atomic mass is 10.1. The number of carbonyl (C=O) groups excluding carboxylic acids is 1. The maximum Gasteiger partial charge on any atom is 0.239 e. The number of aromatic hydroxyl groups is 1. The highest BCUT2D eigenvalue weighted by Crippen LogP contribution is 2.13. The molecule has 4 nitrogen and oxygen atoms in total. The van der Waals surface area contributed by atoms with Gasteiger partial charge in [0, 0.05) is 13.6 Å². The summed E-state index contributed by atoms with van der Waals surface area (Å²) in [6.07, 6.45) is 0.518. The number of amides is 1. The molecule has 0 fully saturated rings. The van der Waals surface area contributed by atoms with Crippen LogP contribution >= 0.6 is 0 Å². The Bertz CT molecular complexity index is 599. The van der Waals surface area contributed by atoms with E-state index in [-0.39, 0.29) is 11.7 Å². The monoisotopic (exact) mass is 284 g/mol. The average Bonchev–Trinajstić information content (AvgIpc) is 2.47. The predicted molar refractivity (Wildman–Crippen MR) is 82.7 cm³/mol. The Labute approximate surface area is 124 Å². The number of nitrogens with two attached hydrogens (primary N) is 1. The van der Waals surface area contributed by atoms with Gasteiger partial charge in [-0.3, -0.25) is 4.79 Å². The van der Waals surface area contributed by atoms with Gasteiger partial charge in [-0.1, -0.05) is 42.5 Å². The van der Waals surface area contributed by atoms with Crippen LogP contribution in [0.15, 0.2) is 54.6 Å². The summed E-state index contributed by atoms with van der Waals surface area (Å²) in [6, 6.07) is 16.0. The minimum absolute atomic E-state index is 0.109. The number of phenols is 1. The van der Waals surface area contributed by atoms with Gasteiger partial charge in [0.15, 0.2) is 0 Å². The molecule has 2 aromatic carbocycles. The van der Waals surface area contributed by atoms with E-state index >= 15 is 0 Å². The molecule has 0 heterocycles. The van der Waals surface area contributed by atoms with Crippen molar-refractivity contribution in [2.45, 2.75) is 19.0 Å². The van der Waals surface area contributed by atoms with Gasteiger partial charge < -0.3 is 15.7 Å². The maximum atomic E-state index is 12.3. The first-order chi connectivity index (χ1) is 10.1. The van der Waals surface area contributed by atoms with E-state index in [0.717, 1.165) is 11.1 Å². The number of nitrogens with zero attached hydrogens (tertiary/aromatic N) is 1. The molecule has 1 atom stereocenters. The van der Waals surface area contributed by atoms with E-state index in [4.69, 9.17) is 5.73 Å². The standard InChI is InChI=1S/C17H20N2O2/c1-19(12-14-8-5-9-15(20)10-14)17(21)16(18)11-13-6-3-2-4-7-13/h2-10,16,20H,11-12,18H2,1H3/t16-/m0/s1. The largest absolute Gasteiger partial charge is 0.508 e. The molecular formula is C17H20N2O2. The second kappa shape index (κ2) is 6.90. The summed E-state index contributed by atoms with van der Waals surface area (Å²) in [5, 5.41) is 9.44. The Kier molecular flexibility index (Phi) is 4.95. The number of hydrogen-bond donors (Lipinski definition) is 2. The van der Waals surface area contributed by atoms with Gasteiger partial charge in [-0.15, -0.1) is 0 Å². The summed E-state index contributed by atoms with van der Waals surface area (Å²) in [5.74, 6) is 0.0872. The number of hydrogen-bond acceptors (Lipinski definition) is 3. The SMILES string of the molecule is CN(Cc1cccc(O)c1)C(=O)[C@@H](N)Cc1ccccc1. The van der Waals surface area contributed by atoms with Gasteiger partial charge in [0.25, 0.3) is 0 Å². The summed E-state index contributed by atoms with van der Waals surface area (Å²) in [6.45, 7) is 0.426. The minimum atomic E-state index is -0.560. The van der Waals surface area contributed by atoms with Gasteiger partial charge in [0.1, 0.15) is 5.75 Å². The third-order valence-electron chi connectivity index (χ3n) is 3.32. The molecule has 2 rings (SSSR count). The molecule has 0 spiro atoms. The highest BCUT2D eigenvalue weighted by atomic mass is 16.3. The molecule has 2 aromatic rings. The van der Waals surface area contributed by atoms with Gasteiger partial charge in [-0.2, -0.15) is 0 Å². The molecule has 0 aliphatic rings. The second-order valence-corrected chi connectivity index (χ2v) is 5.16. The lowest BCUT2D eigenvalue weighted by Crippen LogP contribution is -2.42. The quantitative estimate of drug-likeness (QED) is 0.881. The van der Waals surface area contributed by atoms with Crippen molar-refractivity contribution >= 4 is 5.91 Å². The molecule has 0 aliphatic heterocycles. The van der Waals surface area contributed by atoms with Crippen LogP contribution in [0.5, 0.6) is 5.75 Å². The van der Waals surface area contributed by atoms with Crippen molar-refractivity contribution in [3.63, 3.8) is 0 Å². The third-order valence-corrected chi connectivity index (χ3v) is 3.32. The molecule has 0 unspecified atom stereocenters. The highest BCUT2D eigenvalue weighted by Gasteiger charge is 2.18. The van der Waals surface area contributed by atoms with Gasteiger partial charge in [-0.25, -0.2) is 0 Å². The van der Waals surface area contributed by atoms with Crippen molar-refractivity contribution in [3.05, 3.63) is 65.7 Å². The molecule has 110 valence electrons. The molecule has 1 amide bonds. The lowest BCUT2D eigenvalue weighted by Gasteiger charge is -2.21. The van der Waals surface area contributed by atoms with Crippen molar-refractivity contribution in [2.24, 2.45) is 5.73 Å². The Hall–Kier alpha value is -2.33. The van der Waals surface area contributed by atoms with Crippen LogP contribution in [0.1, 0.15) is 11.1 Å². The smallest absolute Gasteiger partial charge is 0.239 e. The van der Waals surface area contributed by atoms with Gasteiger partial charge in [0.2, 0.25) is 5.91 Å². The minimum Gasteiger partial charge on any atom is -0.508 e. The Balaban J connectivity index is 1.95. The zero-order valence-electron chi connectivity index (χ0n) is 12.1. The summed E-state index contributed by atoms with van der Waals surface area (Å²) >= 11 is 0. The van der Waals surface area contributed by atoms with Gasteiger partial charge >= 0.3 is 0 Å². The van der Waals surface area contributed by atoms with E-state index in [9.17, 15) is 9.90 Å². The number of likely N-dealkylation sites (N-methyl/N-ethyl adjacent to an activating group) is 1. The average molecular weight is 284 g/mol. The third kappa shape index (κ3) is 4.33. The normalized spacial score (nSPS) is 11.9. The Morgan fingerprint density at radius 1 is 1.14 bits per heavy atom. The van der Waals surface area contributed by atoms with Crippen LogP contribution in [0.3, 0.4) is 0 Å². The van der Waals surface area contributed by atoms with Crippen LogP contribution in [0.4, 0.5) is 0 Å². The molecule has 3 N–H and O–H groups in total. The van der Waals surface area contributed by atoms with E-state index in [1.165, 1.54) is 0 Å². The first-order valence-electron chi connectivity index (χ1n) is 6.88. The van der Waals surface area contributed by atoms with Crippen LogP contribution in [0, 0.1) is 0 Å². The number of phenolic OH excluding ortho intramolecular Hbond substituents is 1. The molecule has 21 heavy (non-hydrogen) atoms. The molecule has 0 aromatic heterocycles. The van der Waals surface area contributed by atoms with Crippen LogP contribution < -0.4 is 5.73 Å². The fourth-order valence-electron chi connectivity index (χ4n) is 2.25. The van der Waals surface area contributed by atoms with E-state index in [1.54, 1.807) is 30.1 Å². The van der Waals surface area contributed by atoms with E-state index in [1.807, 2.05) is 36.4 Å². The summed E-state index contributed by atoms with van der Waals surface area (Å²) in [5.41, 5.74) is 7.91. The van der Waals surface area contributed by atoms with E-state index in [0.29, 0.717) is 13.0 Å². The van der Waals surface area contributed by atoms with Crippen molar-refractivity contribution < 1.29 is 9.90 Å². The van der Waals surface area contributed by atoms with Gasteiger partial charge in [0.05, 0.1) is 6.04 Å². The Morgan fingerprint density at radius 3 is 2.48 bits per heavy atom. The fraction of sp³-hybridized carbons (Fsp3) is 0.235. The molecule has 0 saturated heterocycles. The molecule has 0 radical (unpaired) electrons. The number of benzene rings is 2. The number of carbonyl (C=O) groups is 1. The van der Waals surface area contributed by atoms with E-state index in [2.05, 4.69) is 0 Å². The highest BCUT2D eigenvalue weighted by molar-refractivity contribution is 5.81. The summed E-state index contributed by atoms with van der Waals surface area (Å²) in [4.78, 5) is 13.9. The summed E-state index contributed by atoms with van der Waals surface area (Å²) in [7, 11) is 1.72. The van der Waals surface area contributed by atoms with Crippen LogP contribution in [0.25, 0.3) is 0 Å². The fourth-order valence-corrected chi connectivity index (χ4v) is 2.25. The zero-order chi connectivity index (χ0) is 15.2. The molecule has 0 saturated carbocycles. The van der Waals surface area contributed by atoms with Crippen molar-refractivity contribution in [2.75, 3.05) is 7.05 Å². The maximum absolute atomic E-state index is 12.3. The lowest BCUT2D eigenvalue weighted by molar-refractivity contribution is -0.131.